The number of benzene rings is 1. The Morgan fingerprint density at radius 1 is 1.50 bits per heavy atom. The van der Waals surface area contributed by atoms with Gasteiger partial charge in [-0.25, -0.2) is 0 Å². The van der Waals surface area contributed by atoms with Crippen LogP contribution in [0.4, 0.5) is 0 Å². The third-order valence-electron chi connectivity index (χ3n) is 2.79. The van der Waals surface area contributed by atoms with Crippen LogP contribution in [0, 0.1) is 0 Å². The van der Waals surface area contributed by atoms with Crippen LogP contribution in [0.5, 0.6) is 0 Å². The summed E-state index contributed by atoms with van der Waals surface area (Å²) in [5.74, 6) is 0. The third-order valence-corrected chi connectivity index (χ3v) is 4.03. The molecule has 0 radical (unpaired) electrons. The normalized spacial score (nSPS) is 12.7. The van der Waals surface area contributed by atoms with Crippen molar-refractivity contribution >= 4 is 27.5 Å². The Labute approximate surface area is 120 Å². The van der Waals surface area contributed by atoms with E-state index >= 15 is 0 Å². The second-order valence-electron chi connectivity index (χ2n) is 4.25. The maximum Gasteiger partial charge on any atom is 0.0793 e. The van der Waals surface area contributed by atoms with Crippen LogP contribution >= 0.6 is 27.5 Å². The van der Waals surface area contributed by atoms with Gasteiger partial charge in [0.1, 0.15) is 0 Å². The summed E-state index contributed by atoms with van der Waals surface area (Å²) in [5, 5.41) is 14.8. The van der Waals surface area contributed by atoms with E-state index in [1.165, 1.54) is 0 Å². The topological polar surface area (TPSA) is 38.0 Å². The highest BCUT2D eigenvalue weighted by Crippen LogP contribution is 2.27. The molecule has 0 spiro atoms. The average Bonchev–Trinajstić information content (AvgIpc) is 2.75. The molecule has 1 N–H and O–H groups in total. The molecular formula is C13H14BrClN2O. The van der Waals surface area contributed by atoms with Crippen molar-refractivity contribution in [3.8, 4) is 0 Å². The van der Waals surface area contributed by atoms with Crippen LogP contribution in [0.25, 0.3) is 0 Å². The van der Waals surface area contributed by atoms with Crippen molar-refractivity contribution in [2.24, 2.45) is 7.05 Å². The Morgan fingerprint density at radius 2 is 2.28 bits per heavy atom. The number of aliphatic hydroxyl groups excluding tert-OH is 1. The minimum Gasteiger partial charge on any atom is -0.388 e. The van der Waals surface area contributed by atoms with E-state index in [0.29, 0.717) is 11.4 Å². The minimum atomic E-state index is -0.504. The molecule has 1 heterocycles. The predicted molar refractivity (Wildman–Crippen MR) is 75.6 cm³/mol. The average molecular weight is 330 g/mol. The summed E-state index contributed by atoms with van der Waals surface area (Å²) in [5.41, 5.74) is 1.96. The maximum absolute atomic E-state index is 10.1. The largest absolute Gasteiger partial charge is 0.388 e. The molecule has 0 saturated heterocycles. The maximum atomic E-state index is 10.1. The van der Waals surface area contributed by atoms with E-state index in [0.717, 1.165) is 22.0 Å². The SMILES string of the molecule is Cn1cc(CCC(O)c2ccc(Br)c(Cl)c2)cn1. The number of hydrogen-bond donors (Lipinski definition) is 1. The van der Waals surface area contributed by atoms with Gasteiger partial charge >= 0.3 is 0 Å². The van der Waals surface area contributed by atoms with Gasteiger partial charge in [-0.2, -0.15) is 5.10 Å². The Morgan fingerprint density at radius 3 is 2.89 bits per heavy atom. The van der Waals surface area contributed by atoms with Gasteiger partial charge in [0.05, 0.1) is 17.3 Å². The molecule has 0 aliphatic heterocycles. The summed E-state index contributed by atoms with van der Waals surface area (Å²) in [7, 11) is 1.88. The molecule has 0 amide bonds. The van der Waals surface area contributed by atoms with Gasteiger partial charge in [0, 0.05) is 17.7 Å². The van der Waals surface area contributed by atoms with Crippen LogP contribution < -0.4 is 0 Å². The summed E-state index contributed by atoms with van der Waals surface area (Å²) >= 11 is 9.34. The lowest BCUT2D eigenvalue weighted by Crippen LogP contribution is -1.99. The van der Waals surface area contributed by atoms with Crippen molar-refractivity contribution < 1.29 is 5.11 Å². The van der Waals surface area contributed by atoms with Crippen molar-refractivity contribution in [2.75, 3.05) is 0 Å². The molecule has 2 aromatic rings. The van der Waals surface area contributed by atoms with E-state index in [9.17, 15) is 5.11 Å². The van der Waals surface area contributed by atoms with Crippen LogP contribution in [-0.2, 0) is 13.5 Å². The fraction of sp³-hybridized carbons (Fsp3) is 0.308. The number of halogens is 2. The van der Waals surface area contributed by atoms with Gasteiger partial charge in [-0.05, 0) is 52.0 Å². The highest BCUT2D eigenvalue weighted by molar-refractivity contribution is 9.10. The van der Waals surface area contributed by atoms with Crippen molar-refractivity contribution in [1.29, 1.82) is 0 Å². The van der Waals surface area contributed by atoms with Gasteiger partial charge < -0.3 is 5.11 Å². The predicted octanol–water partition coefficient (Wildman–Crippen LogP) is 3.50. The number of rotatable bonds is 4. The van der Waals surface area contributed by atoms with E-state index in [-0.39, 0.29) is 0 Å². The molecule has 1 atom stereocenters. The van der Waals surface area contributed by atoms with Crippen LogP contribution in [0.1, 0.15) is 23.7 Å². The first-order valence-corrected chi connectivity index (χ1v) is 6.84. The summed E-state index contributed by atoms with van der Waals surface area (Å²) in [4.78, 5) is 0. The molecule has 0 aliphatic carbocycles. The van der Waals surface area contributed by atoms with E-state index < -0.39 is 6.10 Å². The van der Waals surface area contributed by atoms with Crippen molar-refractivity contribution in [3.63, 3.8) is 0 Å². The van der Waals surface area contributed by atoms with Crippen LogP contribution in [0.15, 0.2) is 35.1 Å². The monoisotopic (exact) mass is 328 g/mol. The summed E-state index contributed by atoms with van der Waals surface area (Å²) in [6, 6.07) is 5.52. The van der Waals surface area contributed by atoms with Gasteiger partial charge in [-0.1, -0.05) is 17.7 Å². The highest BCUT2D eigenvalue weighted by Gasteiger charge is 2.10. The summed E-state index contributed by atoms with van der Waals surface area (Å²) in [6.07, 6.45) is 4.73. The first-order chi connectivity index (χ1) is 8.56. The molecule has 1 aromatic heterocycles. The standard InChI is InChI=1S/C13H14BrClN2O/c1-17-8-9(7-16-17)2-5-13(18)10-3-4-11(14)12(15)6-10/h3-4,6-8,13,18H,2,5H2,1H3. The first kappa shape index (κ1) is 13.6. The van der Waals surface area contributed by atoms with Crippen molar-refractivity contribution in [2.45, 2.75) is 18.9 Å². The highest BCUT2D eigenvalue weighted by atomic mass is 79.9. The van der Waals surface area contributed by atoms with Gasteiger partial charge in [0.15, 0.2) is 0 Å². The van der Waals surface area contributed by atoms with E-state index in [4.69, 9.17) is 11.6 Å². The molecule has 5 heteroatoms. The minimum absolute atomic E-state index is 0.504. The Bertz CT molecular complexity index is 542. The molecule has 3 nitrogen and oxygen atoms in total. The first-order valence-electron chi connectivity index (χ1n) is 5.67. The molecule has 0 bridgehead atoms. The summed E-state index contributed by atoms with van der Waals surface area (Å²) < 4.78 is 2.60. The van der Waals surface area contributed by atoms with Gasteiger partial charge in [-0.15, -0.1) is 0 Å². The smallest absolute Gasteiger partial charge is 0.0793 e. The molecule has 18 heavy (non-hydrogen) atoms. The number of aryl methyl sites for hydroxylation is 2. The Balaban J connectivity index is 1.99. The van der Waals surface area contributed by atoms with Crippen LogP contribution in [0.2, 0.25) is 5.02 Å². The molecule has 1 unspecified atom stereocenters. The summed E-state index contributed by atoms with van der Waals surface area (Å²) in [6.45, 7) is 0. The van der Waals surface area contributed by atoms with Crippen LogP contribution in [-0.4, -0.2) is 14.9 Å². The number of nitrogens with zero attached hydrogens (tertiary/aromatic N) is 2. The molecule has 96 valence electrons. The molecule has 0 saturated carbocycles. The van der Waals surface area contributed by atoms with Crippen molar-refractivity contribution in [3.05, 3.63) is 51.2 Å². The van der Waals surface area contributed by atoms with Gasteiger partial charge in [0.2, 0.25) is 0 Å². The number of aliphatic hydroxyl groups is 1. The van der Waals surface area contributed by atoms with Gasteiger partial charge in [-0.3, -0.25) is 4.68 Å². The lowest BCUT2D eigenvalue weighted by Gasteiger charge is -2.11. The third kappa shape index (κ3) is 3.34. The zero-order valence-electron chi connectivity index (χ0n) is 9.98. The molecule has 1 aromatic carbocycles. The van der Waals surface area contributed by atoms with E-state index in [2.05, 4.69) is 21.0 Å². The second kappa shape index (κ2) is 5.87. The number of aromatic nitrogens is 2. The molecule has 0 aliphatic rings. The number of hydrogen-bond acceptors (Lipinski definition) is 2. The fourth-order valence-electron chi connectivity index (χ4n) is 1.79. The van der Waals surface area contributed by atoms with Crippen LogP contribution in [0.3, 0.4) is 0 Å². The molecule has 2 rings (SSSR count). The Kier molecular flexibility index (Phi) is 4.43. The van der Waals surface area contributed by atoms with Gasteiger partial charge in [0.25, 0.3) is 0 Å². The second-order valence-corrected chi connectivity index (χ2v) is 5.51. The molecular weight excluding hydrogens is 316 g/mol. The van der Waals surface area contributed by atoms with Crippen molar-refractivity contribution in [1.82, 2.24) is 9.78 Å². The fourth-order valence-corrected chi connectivity index (χ4v) is 2.23. The lowest BCUT2D eigenvalue weighted by atomic mass is 10.0. The van der Waals surface area contributed by atoms with E-state index in [1.54, 1.807) is 10.7 Å². The quantitative estimate of drug-likeness (QED) is 0.932. The molecule has 0 fully saturated rings. The van der Waals surface area contributed by atoms with E-state index in [1.807, 2.05) is 31.6 Å². The zero-order chi connectivity index (χ0) is 13.1. The lowest BCUT2D eigenvalue weighted by molar-refractivity contribution is 0.168. The Hall–Kier alpha value is -0.840. The zero-order valence-corrected chi connectivity index (χ0v) is 12.3.